The largest absolute Gasteiger partial charge is 0.480 e. The number of rotatable bonds is 4. The van der Waals surface area contributed by atoms with Crippen LogP contribution in [0.25, 0.3) is 0 Å². The summed E-state index contributed by atoms with van der Waals surface area (Å²) in [5.74, 6) is -3.39. The van der Waals surface area contributed by atoms with Crippen LogP contribution in [-0.4, -0.2) is 41.8 Å². The van der Waals surface area contributed by atoms with Crippen molar-refractivity contribution in [2.75, 3.05) is 13.6 Å². The molecule has 0 bridgehead atoms. The molecule has 4 nitrogen and oxygen atoms in total. The third-order valence-corrected chi connectivity index (χ3v) is 2.04. The van der Waals surface area contributed by atoms with E-state index in [1.165, 1.54) is 14.0 Å². The minimum Gasteiger partial charge on any atom is -0.480 e. The van der Waals surface area contributed by atoms with Gasteiger partial charge in [-0.2, -0.15) is 18.4 Å². The fourth-order valence-electron chi connectivity index (χ4n) is 0.852. The van der Waals surface area contributed by atoms with Crippen molar-refractivity contribution in [3.05, 3.63) is 0 Å². The first-order valence-electron chi connectivity index (χ1n) is 4.09. The summed E-state index contributed by atoms with van der Waals surface area (Å²) in [6, 6.07) is 0.0545. The topological polar surface area (TPSA) is 64.3 Å². The molecule has 0 heterocycles. The lowest BCUT2D eigenvalue weighted by Crippen LogP contribution is -2.42. The standard InChI is InChI=1S/C8H11F3N2O2/c1-5(7(14)15)13(2)4-6(3-12)8(9,10)11/h5-6H,4H2,1-2H3,(H,14,15). The first kappa shape index (κ1) is 13.7. The summed E-state index contributed by atoms with van der Waals surface area (Å²) >= 11 is 0. The highest BCUT2D eigenvalue weighted by molar-refractivity contribution is 5.72. The second kappa shape index (κ2) is 4.98. The van der Waals surface area contributed by atoms with E-state index in [9.17, 15) is 18.0 Å². The van der Waals surface area contributed by atoms with Gasteiger partial charge in [-0.15, -0.1) is 0 Å². The van der Waals surface area contributed by atoms with Gasteiger partial charge in [-0.25, -0.2) is 0 Å². The SMILES string of the molecule is CC(C(=O)O)N(C)CC(C#N)C(F)(F)F. The predicted molar refractivity (Wildman–Crippen MR) is 44.9 cm³/mol. The van der Waals surface area contributed by atoms with Gasteiger partial charge in [-0.1, -0.05) is 0 Å². The second-order valence-corrected chi connectivity index (χ2v) is 3.18. The third kappa shape index (κ3) is 4.16. The fourth-order valence-corrected chi connectivity index (χ4v) is 0.852. The van der Waals surface area contributed by atoms with Gasteiger partial charge in [0.2, 0.25) is 0 Å². The Morgan fingerprint density at radius 1 is 1.60 bits per heavy atom. The molecule has 0 saturated heterocycles. The monoisotopic (exact) mass is 224 g/mol. The van der Waals surface area contributed by atoms with E-state index in [2.05, 4.69) is 0 Å². The molecule has 0 saturated carbocycles. The van der Waals surface area contributed by atoms with Crippen LogP contribution in [0.5, 0.6) is 0 Å². The van der Waals surface area contributed by atoms with Crippen LogP contribution in [0.1, 0.15) is 6.92 Å². The van der Waals surface area contributed by atoms with Gasteiger partial charge in [0.1, 0.15) is 6.04 Å². The highest BCUT2D eigenvalue weighted by atomic mass is 19.4. The first-order valence-corrected chi connectivity index (χ1v) is 4.09. The number of carboxylic acid groups (broad SMARTS) is 1. The molecule has 0 aromatic carbocycles. The molecule has 1 N–H and O–H groups in total. The van der Waals surface area contributed by atoms with Gasteiger partial charge >= 0.3 is 12.1 Å². The lowest BCUT2D eigenvalue weighted by atomic mass is 10.1. The number of alkyl halides is 3. The summed E-state index contributed by atoms with van der Waals surface area (Å²) in [5.41, 5.74) is 0. The maximum atomic E-state index is 12.1. The van der Waals surface area contributed by atoms with E-state index in [0.717, 1.165) is 11.0 Å². The van der Waals surface area contributed by atoms with Crippen LogP contribution in [-0.2, 0) is 4.79 Å². The van der Waals surface area contributed by atoms with Gasteiger partial charge in [0.25, 0.3) is 0 Å². The molecule has 0 aliphatic carbocycles. The molecule has 0 amide bonds. The predicted octanol–water partition coefficient (Wildman–Crippen LogP) is 1.09. The maximum absolute atomic E-state index is 12.1. The number of hydrogen-bond acceptors (Lipinski definition) is 3. The Morgan fingerprint density at radius 3 is 2.33 bits per heavy atom. The molecule has 0 aromatic rings. The summed E-state index contributed by atoms with van der Waals surface area (Å²) in [6.45, 7) is 0.612. The zero-order valence-electron chi connectivity index (χ0n) is 8.25. The van der Waals surface area contributed by atoms with Crippen molar-refractivity contribution in [3.8, 4) is 6.07 Å². The van der Waals surface area contributed by atoms with Gasteiger partial charge < -0.3 is 5.11 Å². The van der Waals surface area contributed by atoms with Crippen molar-refractivity contribution in [2.45, 2.75) is 19.1 Å². The number of carbonyl (C=O) groups is 1. The molecule has 7 heteroatoms. The van der Waals surface area contributed by atoms with Crippen LogP contribution >= 0.6 is 0 Å². The molecule has 0 aromatic heterocycles. The number of nitrogens with zero attached hydrogens (tertiary/aromatic N) is 2. The van der Waals surface area contributed by atoms with Crippen molar-refractivity contribution in [1.29, 1.82) is 5.26 Å². The van der Waals surface area contributed by atoms with Crippen LogP contribution in [0.15, 0.2) is 0 Å². The Kier molecular flexibility index (Phi) is 4.55. The summed E-state index contributed by atoms with van der Waals surface area (Å²) in [4.78, 5) is 11.4. The number of aliphatic carboxylic acids is 1. The Labute approximate surface area is 84.9 Å². The highest BCUT2D eigenvalue weighted by Crippen LogP contribution is 2.26. The molecule has 2 unspecified atom stereocenters. The minimum atomic E-state index is -4.62. The first-order chi connectivity index (χ1) is 6.70. The highest BCUT2D eigenvalue weighted by Gasteiger charge is 2.41. The third-order valence-electron chi connectivity index (χ3n) is 2.04. The minimum absolute atomic E-state index is 0.645. The summed E-state index contributed by atoms with van der Waals surface area (Å²) in [7, 11) is 1.23. The van der Waals surface area contributed by atoms with Crippen molar-refractivity contribution < 1.29 is 23.1 Å². The van der Waals surface area contributed by atoms with E-state index >= 15 is 0 Å². The van der Waals surface area contributed by atoms with Crippen LogP contribution in [0.4, 0.5) is 13.2 Å². The smallest absolute Gasteiger partial charge is 0.405 e. The molecule has 15 heavy (non-hydrogen) atoms. The molecular weight excluding hydrogens is 213 g/mol. The fraction of sp³-hybridized carbons (Fsp3) is 0.750. The number of halogens is 3. The van der Waals surface area contributed by atoms with E-state index in [1.807, 2.05) is 0 Å². The Hall–Kier alpha value is -1.29. The van der Waals surface area contributed by atoms with Gasteiger partial charge in [-0.05, 0) is 14.0 Å². The van der Waals surface area contributed by atoms with E-state index < -0.39 is 30.7 Å². The average molecular weight is 224 g/mol. The molecule has 0 aliphatic rings. The van der Waals surface area contributed by atoms with Crippen molar-refractivity contribution in [3.63, 3.8) is 0 Å². The normalized spacial score (nSPS) is 15.8. The number of nitriles is 1. The summed E-state index contributed by atoms with van der Waals surface area (Å²) in [6.07, 6.45) is -4.62. The van der Waals surface area contributed by atoms with E-state index in [0.29, 0.717) is 0 Å². The number of carboxylic acids is 1. The maximum Gasteiger partial charge on any atom is 0.405 e. The summed E-state index contributed by atoms with van der Waals surface area (Å²) in [5, 5.41) is 16.8. The van der Waals surface area contributed by atoms with Crippen LogP contribution < -0.4 is 0 Å². The molecule has 0 spiro atoms. The van der Waals surface area contributed by atoms with Gasteiger partial charge in [0.05, 0.1) is 6.07 Å². The van der Waals surface area contributed by atoms with Crippen LogP contribution in [0, 0.1) is 17.2 Å². The molecular formula is C8H11F3N2O2. The van der Waals surface area contributed by atoms with E-state index in [4.69, 9.17) is 10.4 Å². The Morgan fingerprint density at radius 2 is 2.07 bits per heavy atom. The number of hydrogen-bond donors (Lipinski definition) is 1. The van der Waals surface area contributed by atoms with Crippen molar-refractivity contribution >= 4 is 5.97 Å². The lowest BCUT2D eigenvalue weighted by Gasteiger charge is -2.24. The average Bonchev–Trinajstić information content (AvgIpc) is 2.10. The van der Waals surface area contributed by atoms with Crippen molar-refractivity contribution in [1.82, 2.24) is 4.90 Å². The van der Waals surface area contributed by atoms with Gasteiger partial charge in [0, 0.05) is 6.54 Å². The van der Waals surface area contributed by atoms with Crippen LogP contribution in [0.2, 0.25) is 0 Å². The Balaban J connectivity index is 4.46. The van der Waals surface area contributed by atoms with E-state index in [-0.39, 0.29) is 0 Å². The zero-order valence-corrected chi connectivity index (χ0v) is 8.25. The van der Waals surface area contributed by atoms with E-state index in [1.54, 1.807) is 0 Å². The lowest BCUT2D eigenvalue weighted by molar-refractivity contribution is -0.166. The van der Waals surface area contributed by atoms with Gasteiger partial charge in [0.15, 0.2) is 5.92 Å². The molecule has 2 atom stereocenters. The molecule has 0 aliphatic heterocycles. The molecule has 0 radical (unpaired) electrons. The zero-order chi connectivity index (χ0) is 12.2. The van der Waals surface area contributed by atoms with Gasteiger partial charge in [-0.3, -0.25) is 9.69 Å². The molecule has 86 valence electrons. The summed E-state index contributed by atoms with van der Waals surface area (Å²) < 4.78 is 36.4. The molecule has 0 fully saturated rings. The Bertz CT molecular complexity index is 272. The van der Waals surface area contributed by atoms with Crippen LogP contribution in [0.3, 0.4) is 0 Å². The quantitative estimate of drug-likeness (QED) is 0.776. The molecule has 0 rings (SSSR count). The van der Waals surface area contributed by atoms with Crippen molar-refractivity contribution in [2.24, 2.45) is 5.92 Å². The second-order valence-electron chi connectivity index (χ2n) is 3.18. The number of likely N-dealkylation sites (N-methyl/N-ethyl adjacent to an activating group) is 1.